The molecule has 1 fully saturated rings. The van der Waals surface area contributed by atoms with Crippen molar-refractivity contribution in [1.29, 1.82) is 0 Å². The standard InChI is InChI=1S/C17H26N4O2/c1-14(21-10-4-2-3-5-11-21)17(23)20-13-16(22)19-12-15-6-8-18-9-7-15/h6-9,14H,2-5,10-13H2,1H3,(H,19,22)(H,20,23)/t14-/m0/s1. The van der Waals surface area contributed by atoms with Crippen LogP contribution in [0.4, 0.5) is 0 Å². The average molecular weight is 318 g/mol. The topological polar surface area (TPSA) is 74.3 Å². The van der Waals surface area contributed by atoms with E-state index in [4.69, 9.17) is 0 Å². The molecule has 2 N–H and O–H groups in total. The van der Waals surface area contributed by atoms with Crippen molar-refractivity contribution in [3.05, 3.63) is 30.1 Å². The van der Waals surface area contributed by atoms with Gasteiger partial charge in [0.05, 0.1) is 12.6 Å². The molecule has 1 saturated heterocycles. The molecule has 1 aromatic rings. The molecule has 23 heavy (non-hydrogen) atoms. The minimum atomic E-state index is -0.182. The fraction of sp³-hybridized carbons (Fsp3) is 0.588. The second-order valence-corrected chi connectivity index (χ2v) is 5.98. The number of nitrogens with zero attached hydrogens (tertiary/aromatic N) is 2. The van der Waals surface area contributed by atoms with Crippen LogP contribution in [0.15, 0.2) is 24.5 Å². The van der Waals surface area contributed by atoms with E-state index in [-0.39, 0.29) is 24.4 Å². The molecule has 2 amide bonds. The lowest BCUT2D eigenvalue weighted by molar-refractivity contribution is -0.129. The molecule has 2 heterocycles. The molecule has 0 unspecified atom stereocenters. The maximum atomic E-state index is 12.2. The summed E-state index contributed by atoms with van der Waals surface area (Å²) in [5.41, 5.74) is 0.984. The van der Waals surface area contributed by atoms with Crippen molar-refractivity contribution in [2.75, 3.05) is 19.6 Å². The van der Waals surface area contributed by atoms with Crippen LogP contribution in [0.2, 0.25) is 0 Å². The molecular formula is C17H26N4O2. The molecule has 1 aliphatic heterocycles. The largest absolute Gasteiger partial charge is 0.350 e. The van der Waals surface area contributed by atoms with Crippen LogP contribution < -0.4 is 10.6 Å². The lowest BCUT2D eigenvalue weighted by Crippen LogP contribution is -2.47. The SMILES string of the molecule is C[C@@H](C(=O)NCC(=O)NCc1ccncc1)N1CCCCCC1. The fourth-order valence-corrected chi connectivity index (χ4v) is 2.73. The summed E-state index contributed by atoms with van der Waals surface area (Å²) in [5.74, 6) is -0.260. The molecule has 6 heteroatoms. The average Bonchev–Trinajstić information content (AvgIpc) is 2.87. The molecular weight excluding hydrogens is 292 g/mol. The first-order valence-electron chi connectivity index (χ1n) is 8.34. The van der Waals surface area contributed by atoms with Gasteiger partial charge in [0, 0.05) is 18.9 Å². The van der Waals surface area contributed by atoms with Crippen molar-refractivity contribution in [2.24, 2.45) is 0 Å². The van der Waals surface area contributed by atoms with Gasteiger partial charge in [0.15, 0.2) is 0 Å². The van der Waals surface area contributed by atoms with Crippen molar-refractivity contribution in [2.45, 2.75) is 45.2 Å². The molecule has 0 radical (unpaired) electrons. The third-order valence-corrected chi connectivity index (χ3v) is 4.23. The van der Waals surface area contributed by atoms with Crippen LogP contribution in [-0.4, -0.2) is 47.4 Å². The minimum absolute atomic E-state index is 0.0160. The number of carbonyl (C=O) groups is 2. The Balaban J connectivity index is 1.69. The van der Waals surface area contributed by atoms with E-state index >= 15 is 0 Å². The molecule has 2 rings (SSSR count). The Labute approximate surface area is 137 Å². The zero-order chi connectivity index (χ0) is 16.5. The summed E-state index contributed by atoms with van der Waals surface area (Å²) in [7, 11) is 0. The number of hydrogen-bond acceptors (Lipinski definition) is 4. The molecule has 0 bridgehead atoms. The van der Waals surface area contributed by atoms with Crippen LogP contribution in [0.5, 0.6) is 0 Å². The van der Waals surface area contributed by atoms with Crippen LogP contribution in [0.25, 0.3) is 0 Å². The van der Waals surface area contributed by atoms with Crippen molar-refractivity contribution in [3.8, 4) is 0 Å². The van der Waals surface area contributed by atoms with Crippen molar-refractivity contribution >= 4 is 11.8 Å². The summed E-state index contributed by atoms with van der Waals surface area (Å²) in [4.78, 5) is 30.1. The summed E-state index contributed by atoms with van der Waals surface area (Å²) in [6.07, 6.45) is 8.14. The van der Waals surface area contributed by atoms with Gasteiger partial charge in [-0.3, -0.25) is 19.5 Å². The zero-order valence-electron chi connectivity index (χ0n) is 13.8. The molecule has 126 valence electrons. The Morgan fingerprint density at radius 3 is 2.43 bits per heavy atom. The van der Waals surface area contributed by atoms with Crippen molar-refractivity contribution in [3.63, 3.8) is 0 Å². The van der Waals surface area contributed by atoms with Gasteiger partial charge in [0.25, 0.3) is 0 Å². The number of hydrogen-bond donors (Lipinski definition) is 2. The number of amides is 2. The first kappa shape index (κ1) is 17.4. The van der Waals surface area contributed by atoms with Gasteiger partial charge in [-0.25, -0.2) is 0 Å². The Kier molecular flexibility index (Phi) is 7.00. The monoisotopic (exact) mass is 318 g/mol. The molecule has 0 aliphatic carbocycles. The number of pyridine rings is 1. The second-order valence-electron chi connectivity index (χ2n) is 5.98. The Bertz CT molecular complexity index is 499. The summed E-state index contributed by atoms with van der Waals surface area (Å²) in [6, 6.07) is 3.52. The smallest absolute Gasteiger partial charge is 0.239 e. The van der Waals surface area contributed by atoms with Crippen LogP contribution in [0.1, 0.15) is 38.2 Å². The van der Waals surface area contributed by atoms with E-state index in [2.05, 4.69) is 20.5 Å². The first-order valence-corrected chi connectivity index (χ1v) is 8.34. The number of aromatic nitrogens is 1. The van der Waals surface area contributed by atoms with Gasteiger partial charge in [0.1, 0.15) is 0 Å². The van der Waals surface area contributed by atoms with Crippen LogP contribution in [0.3, 0.4) is 0 Å². The first-order chi connectivity index (χ1) is 11.2. The number of carbonyl (C=O) groups excluding carboxylic acids is 2. The van der Waals surface area contributed by atoms with Crippen molar-refractivity contribution < 1.29 is 9.59 Å². The molecule has 1 aliphatic rings. The molecule has 1 atom stereocenters. The number of likely N-dealkylation sites (tertiary alicyclic amines) is 1. The van der Waals surface area contributed by atoms with Gasteiger partial charge in [0.2, 0.25) is 11.8 Å². The second kappa shape index (κ2) is 9.25. The van der Waals surface area contributed by atoms with E-state index in [0.717, 1.165) is 31.5 Å². The van der Waals surface area contributed by atoms with Crippen molar-refractivity contribution in [1.82, 2.24) is 20.5 Å². The van der Waals surface area contributed by atoms with Gasteiger partial charge in [-0.15, -0.1) is 0 Å². The fourth-order valence-electron chi connectivity index (χ4n) is 2.73. The third kappa shape index (κ3) is 5.98. The summed E-state index contributed by atoms with van der Waals surface area (Å²) >= 11 is 0. The van der Waals surface area contributed by atoms with E-state index in [1.165, 1.54) is 12.8 Å². The van der Waals surface area contributed by atoms with E-state index in [1.54, 1.807) is 12.4 Å². The normalized spacial score (nSPS) is 17.1. The highest BCUT2D eigenvalue weighted by Crippen LogP contribution is 2.12. The quantitative estimate of drug-likeness (QED) is 0.823. The Morgan fingerprint density at radius 1 is 1.13 bits per heavy atom. The Hall–Kier alpha value is -1.95. The molecule has 0 spiro atoms. The highest BCUT2D eigenvalue weighted by molar-refractivity contribution is 5.87. The number of nitrogens with one attached hydrogen (secondary N) is 2. The van der Waals surface area contributed by atoms with Gasteiger partial charge < -0.3 is 10.6 Å². The van der Waals surface area contributed by atoms with E-state index < -0.39 is 0 Å². The highest BCUT2D eigenvalue weighted by atomic mass is 16.2. The molecule has 0 saturated carbocycles. The van der Waals surface area contributed by atoms with E-state index in [9.17, 15) is 9.59 Å². The molecule has 1 aromatic heterocycles. The lowest BCUT2D eigenvalue weighted by Gasteiger charge is -2.26. The van der Waals surface area contributed by atoms with Crippen LogP contribution in [-0.2, 0) is 16.1 Å². The summed E-state index contributed by atoms with van der Waals surface area (Å²) in [6.45, 7) is 4.29. The maximum absolute atomic E-state index is 12.2. The zero-order valence-corrected chi connectivity index (χ0v) is 13.8. The van der Waals surface area contributed by atoms with Gasteiger partial charge >= 0.3 is 0 Å². The lowest BCUT2D eigenvalue weighted by atomic mass is 10.2. The maximum Gasteiger partial charge on any atom is 0.239 e. The summed E-state index contributed by atoms with van der Waals surface area (Å²) in [5, 5.41) is 5.52. The molecule has 0 aromatic carbocycles. The van der Waals surface area contributed by atoms with Gasteiger partial charge in [-0.2, -0.15) is 0 Å². The van der Waals surface area contributed by atoms with E-state index in [1.807, 2.05) is 19.1 Å². The van der Waals surface area contributed by atoms with Crippen LogP contribution >= 0.6 is 0 Å². The summed E-state index contributed by atoms with van der Waals surface area (Å²) < 4.78 is 0. The third-order valence-electron chi connectivity index (χ3n) is 4.23. The van der Waals surface area contributed by atoms with Gasteiger partial charge in [-0.05, 0) is 50.6 Å². The highest BCUT2D eigenvalue weighted by Gasteiger charge is 2.22. The number of rotatable bonds is 6. The molecule has 6 nitrogen and oxygen atoms in total. The van der Waals surface area contributed by atoms with E-state index in [0.29, 0.717) is 6.54 Å². The predicted molar refractivity (Wildman–Crippen MR) is 88.6 cm³/mol. The van der Waals surface area contributed by atoms with Gasteiger partial charge in [-0.1, -0.05) is 12.8 Å². The minimum Gasteiger partial charge on any atom is -0.350 e. The predicted octanol–water partition coefficient (Wildman–Crippen LogP) is 1.08. The van der Waals surface area contributed by atoms with Crippen LogP contribution in [0, 0.1) is 0 Å². The Morgan fingerprint density at radius 2 is 1.78 bits per heavy atom.